The molecule has 0 amide bonds. The Hall–Kier alpha value is -2.06. The van der Waals surface area contributed by atoms with Crippen LogP contribution in [0.2, 0.25) is 0 Å². The molecule has 31 heavy (non-hydrogen) atoms. The number of benzene rings is 2. The van der Waals surface area contributed by atoms with Crippen LogP contribution >= 0.6 is 0 Å². The quantitative estimate of drug-likeness (QED) is 0.789. The smallest absolute Gasteiger partial charge is 0.192 e. The summed E-state index contributed by atoms with van der Waals surface area (Å²) < 4.78 is 25.0. The third-order valence-corrected chi connectivity index (χ3v) is 6.48. The number of hydrogen-bond donors (Lipinski definition) is 2. The summed E-state index contributed by atoms with van der Waals surface area (Å²) in [5.74, 6) is -0.942. The van der Waals surface area contributed by atoms with Crippen LogP contribution in [-0.4, -0.2) is 53.6 Å². The first-order valence-corrected chi connectivity index (χ1v) is 10.7. The first-order valence-electron chi connectivity index (χ1n) is 10.7. The molecule has 0 radical (unpaired) electrons. The van der Waals surface area contributed by atoms with Crippen molar-refractivity contribution in [2.45, 2.75) is 56.8 Å². The van der Waals surface area contributed by atoms with Crippen LogP contribution in [0, 0.1) is 13.8 Å². The Balaban J connectivity index is 1.41. The second kappa shape index (κ2) is 8.13. The predicted molar refractivity (Wildman–Crippen MR) is 114 cm³/mol. The standard InChI is InChI=1S/C25H28O6/c1-15-7-8-18(11-16(15)2)24-29-21-14-28-25(31-23(21)22(30-24)20(27)13-26)10-9-17-5-3-4-6-19(17)12-25/h3-11,20-24,26-27H,12-14H2,1-2H3/t20-,21+,22-,23-,24?,25?/m1/s1. The minimum atomic E-state index is -1.10. The number of rotatable bonds is 3. The maximum atomic E-state index is 10.6. The van der Waals surface area contributed by atoms with Gasteiger partial charge in [0.05, 0.1) is 13.2 Å². The lowest BCUT2D eigenvalue weighted by Gasteiger charge is -2.51. The summed E-state index contributed by atoms with van der Waals surface area (Å²) >= 11 is 0. The van der Waals surface area contributed by atoms with Crippen LogP contribution in [0.1, 0.15) is 34.1 Å². The van der Waals surface area contributed by atoms with Crippen molar-refractivity contribution in [3.05, 3.63) is 76.4 Å². The van der Waals surface area contributed by atoms with Gasteiger partial charge in [-0.15, -0.1) is 0 Å². The highest BCUT2D eigenvalue weighted by molar-refractivity contribution is 5.58. The second-order valence-electron chi connectivity index (χ2n) is 8.62. The highest BCUT2D eigenvalue weighted by Crippen LogP contribution is 2.41. The lowest BCUT2D eigenvalue weighted by molar-refractivity contribution is -0.390. The summed E-state index contributed by atoms with van der Waals surface area (Å²) in [4.78, 5) is 0. The topological polar surface area (TPSA) is 77.4 Å². The van der Waals surface area contributed by atoms with E-state index in [1.165, 1.54) is 5.56 Å². The van der Waals surface area contributed by atoms with Gasteiger partial charge in [-0.1, -0.05) is 48.5 Å². The van der Waals surface area contributed by atoms with Gasteiger partial charge in [0.2, 0.25) is 0 Å². The Morgan fingerprint density at radius 2 is 1.94 bits per heavy atom. The van der Waals surface area contributed by atoms with E-state index in [2.05, 4.69) is 12.1 Å². The molecule has 2 unspecified atom stereocenters. The SMILES string of the molecule is Cc1ccc(C2O[C@H]([C@H](O)CO)[C@@H]3OC4(C=Cc5ccccc5C4)OC[C@@H]3O2)cc1C. The largest absolute Gasteiger partial charge is 0.394 e. The normalized spacial score (nSPS) is 33.0. The zero-order valence-electron chi connectivity index (χ0n) is 17.7. The Morgan fingerprint density at radius 3 is 2.74 bits per heavy atom. The van der Waals surface area contributed by atoms with E-state index >= 15 is 0 Å². The number of fused-ring (bicyclic) bond motifs is 2. The Morgan fingerprint density at radius 1 is 1.10 bits per heavy atom. The molecule has 2 heterocycles. The first kappa shape index (κ1) is 20.8. The predicted octanol–water partition coefficient (Wildman–Crippen LogP) is 2.82. The molecule has 2 N–H and O–H groups in total. The van der Waals surface area contributed by atoms with Crippen LogP contribution in [0.25, 0.3) is 6.08 Å². The molecule has 164 valence electrons. The molecule has 2 aromatic rings. The van der Waals surface area contributed by atoms with Crippen molar-refractivity contribution in [3.8, 4) is 0 Å². The van der Waals surface area contributed by atoms with Crippen LogP contribution in [0.4, 0.5) is 0 Å². The van der Waals surface area contributed by atoms with Gasteiger partial charge >= 0.3 is 0 Å². The van der Waals surface area contributed by atoms with Crippen molar-refractivity contribution in [2.75, 3.05) is 13.2 Å². The maximum absolute atomic E-state index is 10.6. The molecule has 1 spiro atoms. The minimum Gasteiger partial charge on any atom is -0.394 e. The van der Waals surface area contributed by atoms with Crippen molar-refractivity contribution in [1.29, 1.82) is 0 Å². The van der Waals surface area contributed by atoms with E-state index in [0.29, 0.717) is 13.0 Å². The molecule has 2 fully saturated rings. The molecule has 2 saturated heterocycles. The van der Waals surface area contributed by atoms with Crippen molar-refractivity contribution in [2.24, 2.45) is 0 Å². The molecule has 2 aromatic carbocycles. The van der Waals surface area contributed by atoms with E-state index < -0.39 is 43.1 Å². The fourth-order valence-corrected chi connectivity index (χ4v) is 4.53. The van der Waals surface area contributed by atoms with E-state index in [-0.39, 0.29) is 0 Å². The van der Waals surface area contributed by atoms with Crippen molar-refractivity contribution < 1.29 is 29.2 Å². The Bertz CT molecular complexity index is 988. The van der Waals surface area contributed by atoms with Gasteiger partial charge in [0.25, 0.3) is 0 Å². The summed E-state index contributed by atoms with van der Waals surface area (Å²) in [6.45, 7) is 3.96. The lowest BCUT2D eigenvalue weighted by atomic mass is 9.91. The molecule has 2 aliphatic heterocycles. The molecule has 0 aromatic heterocycles. The minimum absolute atomic E-state index is 0.302. The molecule has 6 heteroatoms. The van der Waals surface area contributed by atoms with Gasteiger partial charge in [-0.2, -0.15) is 0 Å². The highest BCUT2D eigenvalue weighted by atomic mass is 16.8. The average Bonchev–Trinajstić information content (AvgIpc) is 2.79. The summed E-state index contributed by atoms with van der Waals surface area (Å²) in [5.41, 5.74) is 5.45. The van der Waals surface area contributed by atoms with Gasteiger partial charge in [0, 0.05) is 12.0 Å². The summed E-state index contributed by atoms with van der Waals surface area (Å²) in [7, 11) is 0. The van der Waals surface area contributed by atoms with Crippen LogP contribution < -0.4 is 0 Å². The lowest BCUT2D eigenvalue weighted by Crippen LogP contribution is -2.63. The number of ether oxygens (including phenoxy) is 4. The van der Waals surface area contributed by atoms with Crippen LogP contribution in [0.5, 0.6) is 0 Å². The Kier molecular flexibility index (Phi) is 5.46. The Labute approximate surface area is 182 Å². The molecule has 6 nitrogen and oxygen atoms in total. The van der Waals surface area contributed by atoms with Crippen molar-refractivity contribution >= 4 is 6.08 Å². The summed E-state index contributed by atoms with van der Waals surface area (Å²) in [5, 5.41) is 20.2. The summed E-state index contributed by atoms with van der Waals surface area (Å²) in [6, 6.07) is 14.1. The molecule has 6 atom stereocenters. The van der Waals surface area contributed by atoms with E-state index in [1.807, 2.05) is 56.3 Å². The van der Waals surface area contributed by atoms with Crippen molar-refractivity contribution in [1.82, 2.24) is 0 Å². The van der Waals surface area contributed by atoms with Gasteiger partial charge < -0.3 is 29.2 Å². The van der Waals surface area contributed by atoms with Gasteiger partial charge in [0.1, 0.15) is 24.4 Å². The fourth-order valence-electron chi connectivity index (χ4n) is 4.53. The molecule has 0 bridgehead atoms. The molecule has 0 saturated carbocycles. The number of hydrogen-bond acceptors (Lipinski definition) is 6. The number of aryl methyl sites for hydroxylation is 2. The second-order valence-corrected chi connectivity index (χ2v) is 8.62. The van der Waals surface area contributed by atoms with Crippen LogP contribution in [-0.2, 0) is 25.4 Å². The van der Waals surface area contributed by atoms with E-state index in [1.54, 1.807) is 0 Å². The third-order valence-electron chi connectivity index (χ3n) is 6.48. The van der Waals surface area contributed by atoms with Crippen LogP contribution in [0.15, 0.2) is 48.5 Å². The third kappa shape index (κ3) is 3.84. The molecule has 1 aliphatic carbocycles. The van der Waals surface area contributed by atoms with Gasteiger partial charge in [-0.05, 0) is 42.2 Å². The van der Waals surface area contributed by atoms with E-state index in [0.717, 1.165) is 22.3 Å². The van der Waals surface area contributed by atoms with Gasteiger partial charge in [0.15, 0.2) is 12.1 Å². The van der Waals surface area contributed by atoms with E-state index in [4.69, 9.17) is 18.9 Å². The van der Waals surface area contributed by atoms with Crippen molar-refractivity contribution in [3.63, 3.8) is 0 Å². The molecule has 3 aliphatic rings. The molecular weight excluding hydrogens is 396 g/mol. The fraction of sp³-hybridized carbons (Fsp3) is 0.440. The number of aliphatic hydroxyl groups is 2. The van der Waals surface area contributed by atoms with Gasteiger partial charge in [-0.3, -0.25) is 0 Å². The molecular formula is C25H28O6. The van der Waals surface area contributed by atoms with E-state index in [9.17, 15) is 10.2 Å². The maximum Gasteiger partial charge on any atom is 0.192 e. The van der Waals surface area contributed by atoms with Crippen LogP contribution in [0.3, 0.4) is 0 Å². The summed E-state index contributed by atoms with van der Waals surface area (Å²) in [6.07, 6.45) is 0.961. The highest BCUT2D eigenvalue weighted by Gasteiger charge is 2.52. The molecule has 5 rings (SSSR count). The zero-order valence-corrected chi connectivity index (χ0v) is 17.7. The average molecular weight is 424 g/mol. The monoisotopic (exact) mass is 424 g/mol. The van der Waals surface area contributed by atoms with Gasteiger partial charge in [-0.25, -0.2) is 0 Å². The first-order chi connectivity index (χ1) is 15.0. The zero-order chi connectivity index (χ0) is 21.6. The number of aliphatic hydroxyl groups excluding tert-OH is 2.